The quantitative estimate of drug-likeness (QED) is 0.402. The molecule has 1 unspecified atom stereocenters. The number of anilines is 1. The fourth-order valence-corrected chi connectivity index (χ4v) is 3.22. The van der Waals surface area contributed by atoms with Crippen LogP contribution in [-0.4, -0.2) is 64.4 Å². The Labute approximate surface area is 158 Å². The Kier molecular flexibility index (Phi) is 9.28. The number of aliphatic imine (C=N–C) groups is 1. The number of methoxy groups -OCH3 is 1. The molecule has 1 atom stereocenters. The number of nitrogens with zero attached hydrogens (tertiary/aromatic N) is 2. The van der Waals surface area contributed by atoms with Crippen LogP contribution in [0.5, 0.6) is 5.75 Å². The van der Waals surface area contributed by atoms with Gasteiger partial charge in [-0.05, 0) is 44.0 Å². The highest BCUT2D eigenvalue weighted by atomic mass is 16.5. The van der Waals surface area contributed by atoms with Crippen LogP contribution in [0.4, 0.5) is 5.69 Å². The smallest absolute Gasteiger partial charge is 0.195 e. The van der Waals surface area contributed by atoms with Crippen LogP contribution in [0.15, 0.2) is 29.3 Å². The van der Waals surface area contributed by atoms with Gasteiger partial charge in [0.2, 0.25) is 0 Å². The first-order valence-electron chi connectivity index (χ1n) is 9.67. The predicted octanol–water partition coefficient (Wildman–Crippen LogP) is 2.82. The van der Waals surface area contributed by atoms with E-state index in [1.807, 2.05) is 24.3 Å². The highest BCUT2D eigenvalue weighted by molar-refractivity contribution is 5.93. The lowest BCUT2D eigenvalue weighted by molar-refractivity contribution is 0.172. The first-order chi connectivity index (χ1) is 12.7. The van der Waals surface area contributed by atoms with Crippen molar-refractivity contribution in [1.29, 1.82) is 0 Å². The Morgan fingerprint density at radius 1 is 1.35 bits per heavy atom. The molecule has 1 aliphatic rings. The third kappa shape index (κ3) is 7.22. The van der Waals surface area contributed by atoms with Crippen molar-refractivity contribution >= 4 is 11.6 Å². The van der Waals surface area contributed by atoms with Crippen LogP contribution in [0.25, 0.3) is 0 Å². The number of benzene rings is 1. The van der Waals surface area contributed by atoms with Crippen molar-refractivity contribution in [2.24, 2.45) is 10.9 Å². The molecule has 1 aliphatic heterocycles. The normalized spacial score (nSPS) is 18.6. The molecule has 6 heteroatoms. The molecule has 146 valence electrons. The Bertz CT molecular complexity index is 550. The highest BCUT2D eigenvalue weighted by Crippen LogP contribution is 2.18. The summed E-state index contributed by atoms with van der Waals surface area (Å²) >= 11 is 0. The van der Waals surface area contributed by atoms with E-state index in [4.69, 9.17) is 9.47 Å². The van der Waals surface area contributed by atoms with Crippen LogP contribution in [0, 0.1) is 5.92 Å². The number of nitrogens with one attached hydrogen (secondary N) is 2. The van der Waals surface area contributed by atoms with E-state index in [-0.39, 0.29) is 0 Å². The summed E-state index contributed by atoms with van der Waals surface area (Å²) in [6.07, 6.45) is 3.45. The van der Waals surface area contributed by atoms with Gasteiger partial charge in [-0.1, -0.05) is 13.0 Å². The SMILES string of the molecule is CCN1CCCC(CNC(=NC)Nc2cccc(OCCCOC)c2)C1. The van der Waals surface area contributed by atoms with Crippen molar-refractivity contribution in [3.8, 4) is 5.75 Å². The average Bonchev–Trinajstić information content (AvgIpc) is 2.69. The van der Waals surface area contributed by atoms with E-state index in [1.165, 1.54) is 25.9 Å². The zero-order valence-electron chi connectivity index (χ0n) is 16.5. The maximum atomic E-state index is 5.76. The van der Waals surface area contributed by atoms with E-state index in [1.54, 1.807) is 14.2 Å². The van der Waals surface area contributed by atoms with Gasteiger partial charge in [0.05, 0.1) is 6.61 Å². The van der Waals surface area contributed by atoms with Gasteiger partial charge in [-0.2, -0.15) is 0 Å². The molecule has 0 spiro atoms. The third-order valence-corrected chi connectivity index (χ3v) is 4.69. The van der Waals surface area contributed by atoms with E-state index in [0.29, 0.717) is 19.1 Å². The molecule has 0 radical (unpaired) electrons. The van der Waals surface area contributed by atoms with Gasteiger partial charge in [0, 0.05) is 52.0 Å². The summed E-state index contributed by atoms with van der Waals surface area (Å²) in [5, 5.41) is 6.82. The van der Waals surface area contributed by atoms with E-state index >= 15 is 0 Å². The molecule has 1 saturated heterocycles. The Hall–Kier alpha value is -1.79. The van der Waals surface area contributed by atoms with Crippen molar-refractivity contribution in [2.45, 2.75) is 26.2 Å². The molecule has 1 fully saturated rings. The summed E-state index contributed by atoms with van der Waals surface area (Å²) in [4.78, 5) is 6.87. The topological polar surface area (TPSA) is 58.1 Å². The van der Waals surface area contributed by atoms with Crippen molar-refractivity contribution in [3.05, 3.63) is 24.3 Å². The summed E-state index contributed by atoms with van der Waals surface area (Å²) in [7, 11) is 3.51. The van der Waals surface area contributed by atoms with Gasteiger partial charge in [0.1, 0.15) is 5.75 Å². The molecule has 6 nitrogen and oxygen atoms in total. The summed E-state index contributed by atoms with van der Waals surface area (Å²) < 4.78 is 10.8. The van der Waals surface area contributed by atoms with Crippen molar-refractivity contribution in [2.75, 3.05) is 58.9 Å². The van der Waals surface area contributed by atoms with Crippen LogP contribution in [0.1, 0.15) is 26.2 Å². The summed E-state index contributed by atoms with van der Waals surface area (Å²) in [6.45, 7) is 8.10. The zero-order chi connectivity index (χ0) is 18.6. The lowest BCUT2D eigenvalue weighted by atomic mass is 9.98. The number of hydrogen-bond acceptors (Lipinski definition) is 4. The standard InChI is InChI=1S/C20H34N4O2/c1-4-24-11-6-8-17(16-24)15-22-20(21-2)23-18-9-5-10-19(14-18)26-13-7-12-25-3/h5,9-10,14,17H,4,6-8,11-13,15-16H2,1-3H3,(H2,21,22,23). The minimum atomic E-state index is 0.653. The maximum Gasteiger partial charge on any atom is 0.195 e. The van der Waals surface area contributed by atoms with E-state index < -0.39 is 0 Å². The lowest BCUT2D eigenvalue weighted by Gasteiger charge is -2.32. The van der Waals surface area contributed by atoms with Gasteiger partial charge in [-0.3, -0.25) is 4.99 Å². The minimum Gasteiger partial charge on any atom is -0.493 e. The van der Waals surface area contributed by atoms with Gasteiger partial charge < -0.3 is 25.0 Å². The van der Waals surface area contributed by atoms with E-state index in [0.717, 1.165) is 36.9 Å². The van der Waals surface area contributed by atoms with Crippen molar-refractivity contribution in [3.63, 3.8) is 0 Å². The third-order valence-electron chi connectivity index (χ3n) is 4.69. The van der Waals surface area contributed by atoms with E-state index in [9.17, 15) is 0 Å². The minimum absolute atomic E-state index is 0.653. The van der Waals surface area contributed by atoms with Gasteiger partial charge in [-0.15, -0.1) is 0 Å². The van der Waals surface area contributed by atoms with E-state index in [2.05, 4.69) is 27.4 Å². The monoisotopic (exact) mass is 362 g/mol. The number of piperidine rings is 1. The molecule has 1 heterocycles. The second-order valence-corrected chi connectivity index (χ2v) is 6.70. The fourth-order valence-electron chi connectivity index (χ4n) is 3.22. The second-order valence-electron chi connectivity index (χ2n) is 6.70. The van der Waals surface area contributed by atoms with Crippen molar-refractivity contribution in [1.82, 2.24) is 10.2 Å². The Balaban J connectivity index is 1.80. The average molecular weight is 363 g/mol. The first-order valence-corrected chi connectivity index (χ1v) is 9.67. The van der Waals surface area contributed by atoms with Gasteiger partial charge in [-0.25, -0.2) is 0 Å². The van der Waals surface area contributed by atoms with Crippen molar-refractivity contribution < 1.29 is 9.47 Å². The summed E-state index contributed by atoms with van der Waals surface area (Å²) in [5.41, 5.74) is 0.973. The molecule has 2 rings (SSSR count). The molecule has 0 aliphatic carbocycles. The zero-order valence-corrected chi connectivity index (χ0v) is 16.5. The van der Waals surface area contributed by atoms with Gasteiger partial charge in [0.15, 0.2) is 5.96 Å². The molecule has 0 amide bonds. The predicted molar refractivity (Wildman–Crippen MR) is 108 cm³/mol. The van der Waals surface area contributed by atoms with Crippen LogP contribution in [-0.2, 0) is 4.74 Å². The Morgan fingerprint density at radius 2 is 2.23 bits per heavy atom. The van der Waals surface area contributed by atoms with Gasteiger partial charge >= 0.3 is 0 Å². The molecule has 0 aromatic heterocycles. The number of guanidine groups is 1. The summed E-state index contributed by atoms with van der Waals surface area (Å²) in [5.74, 6) is 2.33. The second kappa shape index (κ2) is 11.8. The van der Waals surface area contributed by atoms with Crippen LogP contribution >= 0.6 is 0 Å². The lowest BCUT2D eigenvalue weighted by Crippen LogP contribution is -2.42. The number of rotatable bonds is 9. The Morgan fingerprint density at radius 3 is 3.00 bits per heavy atom. The van der Waals surface area contributed by atoms with Crippen LogP contribution in [0.2, 0.25) is 0 Å². The number of ether oxygens (including phenoxy) is 2. The maximum absolute atomic E-state index is 5.76. The first kappa shape index (κ1) is 20.5. The molecule has 1 aromatic rings. The largest absolute Gasteiger partial charge is 0.493 e. The molecule has 1 aromatic carbocycles. The molecular formula is C20H34N4O2. The molecule has 0 saturated carbocycles. The van der Waals surface area contributed by atoms with Crippen LogP contribution in [0.3, 0.4) is 0 Å². The molecule has 0 bridgehead atoms. The fraction of sp³-hybridized carbons (Fsp3) is 0.650. The molecule has 26 heavy (non-hydrogen) atoms. The molecular weight excluding hydrogens is 328 g/mol. The number of hydrogen-bond donors (Lipinski definition) is 2. The van der Waals surface area contributed by atoms with Gasteiger partial charge in [0.25, 0.3) is 0 Å². The number of likely N-dealkylation sites (tertiary alicyclic amines) is 1. The summed E-state index contributed by atoms with van der Waals surface area (Å²) in [6, 6.07) is 7.98. The highest BCUT2D eigenvalue weighted by Gasteiger charge is 2.18. The molecule has 2 N–H and O–H groups in total. The van der Waals surface area contributed by atoms with Crippen LogP contribution < -0.4 is 15.4 Å².